The molecule has 0 bridgehead atoms. The molecule has 1 aromatic rings. The number of nitrogens with zero attached hydrogens (tertiary/aromatic N) is 2. The molecule has 1 aliphatic rings. The number of amidine groups is 1. The first-order valence-electron chi connectivity index (χ1n) is 7.59. The number of carbonyl (C=O) groups is 1. The molecule has 1 aliphatic heterocycles. The summed E-state index contributed by atoms with van der Waals surface area (Å²) in [6.07, 6.45) is 2.96. The second kappa shape index (κ2) is 8.26. The van der Waals surface area contributed by atoms with Crippen molar-refractivity contribution < 1.29 is 4.79 Å². The Labute approximate surface area is 146 Å². The zero-order chi connectivity index (χ0) is 16.8. The molecule has 1 saturated heterocycles. The number of nitrogens with one attached hydrogen (secondary N) is 1. The Bertz CT molecular complexity index is 591. The van der Waals surface area contributed by atoms with Gasteiger partial charge in [0.15, 0.2) is 0 Å². The average molecular weight is 353 g/mol. The molecule has 2 amide bonds. The second-order valence-electron chi connectivity index (χ2n) is 5.75. The number of thiocarbonyl (C=S) groups is 1. The summed E-state index contributed by atoms with van der Waals surface area (Å²) in [4.78, 5) is 17.7. The Morgan fingerprint density at radius 2 is 2.00 bits per heavy atom. The van der Waals surface area contributed by atoms with E-state index in [9.17, 15) is 4.79 Å². The monoisotopic (exact) mass is 352 g/mol. The van der Waals surface area contributed by atoms with Crippen molar-refractivity contribution in [2.45, 2.75) is 26.2 Å². The van der Waals surface area contributed by atoms with Crippen LogP contribution in [0.25, 0.3) is 0 Å². The molecule has 2 rings (SSSR count). The lowest BCUT2D eigenvalue weighted by Crippen LogP contribution is -2.46. The number of aliphatic imine (C=N–C) groups is 1. The zero-order valence-electron chi connectivity index (χ0n) is 13.1. The summed E-state index contributed by atoms with van der Waals surface area (Å²) in [7, 11) is 0. The number of benzene rings is 1. The lowest BCUT2D eigenvalue weighted by atomic mass is 9.90. The lowest BCUT2D eigenvalue weighted by molar-refractivity contribution is 0.175. The van der Waals surface area contributed by atoms with Gasteiger partial charge in [-0.25, -0.2) is 9.79 Å². The molecular formula is C16H21ClN4OS. The first kappa shape index (κ1) is 17.7. The van der Waals surface area contributed by atoms with E-state index in [2.05, 4.69) is 22.4 Å². The molecule has 3 N–H and O–H groups in total. The van der Waals surface area contributed by atoms with Crippen LogP contribution in [0.15, 0.2) is 29.3 Å². The zero-order valence-corrected chi connectivity index (χ0v) is 14.7. The van der Waals surface area contributed by atoms with Gasteiger partial charge in [0.2, 0.25) is 5.11 Å². The smallest absolute Gasteiger partial charge is 0.323 e. The van der Waals surface area contributed by atoms with Gasteiger partial charge < -0.3 is 10.6 Å². The molecule has 1 fully saturated rings. The van der Waals surface area contributed by atoms with E-state index in [1.165, 1.54) is 5.56 Å². The van der Waals surface area contributed by atoms with Crippen molar-refractivity contribution in [3.63, 3.8) is 0 Å². The summed E-state index contributed by atoms with van der Waals surface area (Å²) in [6, 6.07) is 7.76. The molecule has 0 spiro atoms. The minimum absolute atomic E-state index is 0.110. The molecule has 0 aliphatic carbocycles. The fraction of sp³-hybridized carbons (Fsp3) is 0.438. The predicted octanol–water partition coefficient (Wildman–Crippen LogP) is 2.97. The van der Waals surface area contributed by atoms with Crippen LogP contribution in [0.2, 0.25) is 5.02 Å². The predicted molar refractivity (Wildman–Crippen MR) is 97.9 cm³/mol. The van der Waals surface area contributed by atoms with Gasteiger partial charge in [-0.05, 0) is 62.0 Å². The first-order chi connectivity index (χ1) is 10.9. The highest BCUT2D eigenvalue weighted by atomic mass is 35.5. The van der Waals surface area contributed by atoms with Crippen LogP contribution in [0.3, 0.4) is 0 Å². The third-order valence-electron chi connectivity index (χ3n) is 3.83. The number of halogens is 1. The number of likely N-dealkylation sites (tertiary alicyclic amines) is 1. The minimum Gasteiger partial charge on any atom is -0.387 e. The molecule has 0 unspecified atom stereocenters. The SMILES string of the molecule is C/C(N)=N/C(=S)NC(=O)N1CCC(Cc2ccc(Cl)cc2)CC1. The number of rotatable bonds is 2. The number of nitrogens with two attached hydrogens (primary N) is 1. The van der Waals surface area contributed by atoms with Crippen LogP contribution in [0.4, 0.5) is 4.79 Å². The van der Waals surface area contributed by atoms with Crippen LogP contribution in [0.1, 0.15) is 25.3 Å². The molecule has 23 heavy (non-hydrogen) atoms. The minimum atomic E-state index is -0.204. The topological polar surface area (TPSA) is 70.7 Å². The quantitative estimate of drug-likeness (QED) is 0.488. The molecule has 0 atom stereocenters. The van der Waals surface area contributed by atoms with E-state index >= 15 is 0 Å². The molecule has 1 aromatic carbocycles. The second-order valence-corrected chi connectivity index (χ2v) is 6.57. The maximum atomic E-state index is 12.1. The van der Waals surface area contributed by atoms with E-state index in [1.807, 2.05) is 12.1 Å². The molecule has 0 saturated carbocycles. The van der Waals surface area contributed by atoms with Gasteiger partial charge in [-0.15, -0.1) is 0 Å². The number of hydrogen-bond donors (Lipinski definition) is 2. The van der Waals surface area contributed by atoms with Gasteiger partial charge in [0, 0.05) is 18.1 Å². The summed E-state index contributed by atoms with van der Waals surface area (Å²) in [6.45, 7) is 3.07. The average Bonchev–Trinajstić information content (AvgIpc) is 2.49. The largest absolute Gasteiger partial charge is 0.387 e. The molecule has 7 heteroatoms. The first-order valence-corrected chi connectivity index (χ1v) is 8.38. The number of amides is 2. The summed E-state index contributed by atoms with van der Waals surface area (Å²) >= 11 is 10.9. The maximum absolute atomic E-state index is 12.1. The maximum Gasteiger partial charge on any atom is 0.323 e. The highest BCUT2D eigenvalue weighted by Gasteiger charge is 2.23. The Kier molecular flexibility index (Phi) is 6.36. The normalized spacial score (nSPS) is 16.3. The van der Waals surface area contributed by atoms with Gasteiger partial charge in [-0.2, -0.15) is 0 Å². The Balaban J connectivity index is 1.79. The summed E-state index contributed by atoms with van der Waals surface area (Å²) < 4.78 is 0. The summed E-state index contributed by atoms with van der Waals surface area (Å²) in [5.41, 5.74) is 6.72. The van der Waals surface area contributed by atoms with Gasteiger partial charge in [0.25, 0.3) is 0 Å². The van der Waals surface area contributed by atoms with Crippen molar-refractivity contribution in [3.05, 3.63) is 34.9 Å². The van der Waals surface area contributed by atoms with Crippen molar-refractivity contribution in [1.29, 1.82) is 0 Å². The van der Waals surface area contributed by atoms with Crippen LogP contribution >= 0.6 is 23.8 Å². The molecule has 0 aromatic heterocycles. The third kappa shape index (κ3) is 5.80. The van der Waals surface area contributed by atoms with Crippen molar-refractivity contribution >= 4 is 40.8 Å². The van der Waals surface area contributed by atoms with Crippen LogP contribution in [0.5, 0.6) is 0 Å². The number of piperidine rings is 1. The van der Waals surface area contributed by atoms with Crippen molar-refractivity contribution in [3.8, 4) is 0 Å². The van der Waals surface area contributed by atoms with Crippen molar-refractivity contribution in [1.82, 2.24) is 10.2 Å². The van der Waals surface area contributed by atoms with Crippen molar-refractivity contribution in [2.24, 2.45) is 16.6 Å². The highest BCUT2D eigenvalue weighted by Crippen LogP contribution is 2.22. The highest BCUT2D eigenvalue weighted by molar-refractivity contribution is 7.80. The molecule has 124 valence electrons. The van der Waals surface area contributed by atoms with Gasteiger partial charge >= 0.3 is 6.03 Å². The number of hydrogen-bond acceptors (Lipinski definition) is 2. The van der Waals surface area contributed by atoms with E-state index in [1.54, 1.807) is 11.8 Å². The van der Waals surface area contributed by atoms with Crippen LogP contribution in [-0.4, -0.2) is 35.0 Å². The van der Waals surface area contributed by atoms with Crippen LogP contribution in [0, 0.1) is 5.92 Å². The Morgan fingerprint density at radius 3 is 2.57 bits per heavy atom. The van der Waals surface area contributed by atoms with E-state index in [-0.39, 0.29) is 11.1 Å². The molecule has 5 nitrogen and oxygen atoms in total. The fourth-order valence-electron chi connectivity index (χ4n) is 2.65. The van der Waals surface area contributed by atoms with Gasteiger partial charge in [0.1, 0.15) is 0 Å². The number of carbonyl (C=O) groups excluding carboxylic acids is 1. The third-order valence-corrected chi connectivity index (χ3v) is 4.28. The standard InChI is InChI=1S/C16H21ClN4OS/c1-11(18)19-15(23)20-16(22)21-8-6-13(7-9-21)10-12-2-4-14(17)5-3-12/h2-5,13H,6-10H2,1H3,(H3,18,19,20,22,23). The molecule has 0 radical (unpaired) electrons. The van der Waals surface area contributed by atoms with Crippen molar-refractivity contribution in [2.75, 3.05) is 13.1 Å². The molecular weight excluding hydrogens is 332 g/mol. The summed E-state index contributed by atoms with van der Waals surface area (Å²) in [5, 5.41) is 3.45. The van der Waals surface area contributed by atoms with Gasteiger partial charge in [-0.3, -0.25) is 5.32 Å². The van der Waals surface area contributed by atoms with Gasteiger partial charge in [-0.1, -0.05) is 23.7 Å². The summed E-state index contributed by atoms with van der Waals surface area (Å²) in [5.74, 6) is 0.911. The van der Waals surface area contributed by atoms with E-state index < -0.39 is 0 Å². The van der Waals surface area contributed by atoms with E-state index in [0.29, 0.717) is 11.8 Å². The van der Waals surface area contributed by atoms with Crippen LogP contribution in [-0.2, 0) is 6.42 Å². The van der Waals surface area contributed by atoms with E-state index in [0.717, 1.165) is 37.4 Å². The number of urea groups is 1. The Hall–Kier alpha value is -1.66. The fourth-order valence-corrected chi connectivity index (χ4v) is 3.01. The van der Waals surface area contributed by atoms with Crippen LogP contribution < -0.4 is 11.1 Å². The van der Waals surface area contributed by atoms with Gasteiger partial charge in [0.05, 0.1) is 5.84 Å². The lowest BCUT2D eigenvalue weighted by Gasteiger charge is -2.32. The van der Waals surface area contributed by atoms with E-state index in [4.69, 9.17) is 29.6 Å². The Morgan fingerprint density at radius 1 is 1.39 bits per heavy atom. The molecule has 1 heterocycles.